The number of hydrogen-bond donors (Lipinski definition) is 2. The zero-order chi connectivity index (χ0) is 24.6. The lowest BCUT2D eigenvalue weighted by molar-refractivity contribution is -0.110. The molecular formula is C24H31ClN8O2. The van der Waals surface area contributed by atoms with Gasteiger partial charge in [-0.25, -0.2) is 9.79 Å². The zero-order valence-electron chi connectivity index (χ0n) is 20.1. The molecule has 2 amide bonds. The van der Waals surface area contributed by atoms with Gasteiger partial charge < -0.3 is 20.4 Å². The summed E-state index contributed by atoms with van der Waals surface area (Å²) in [5, 5.41) is 12.2. The van der Waals surface area contributed by atoms with Crippen LogP contribution in [0.15, 0.2) is 32.6 Å². The summed E-state index contributed by atoms with van der Waals surface area (Å²) in [5.41, 5.74) is 6.58. The summed E-state index contributed by atoms with van der Waals surface area (Å²) in [5.74, 6) is 1.84. The number of benzene rings is 1. The minimum absolute atomic E-state index is 0.131. The molecule has 35 heavy (non-hydrogen) atoms. The molecule has 3 saturated heterocycles. The van der Waals surface area contributed by atoms with Crippen molar-refractivity contribution in [3.8, 4) is 0 Å². The van der Waals surface area contributed by atoms with Gasteiger partial charge in [-0.15, -0.1) is 10.2 Å². The van der Waals surface area contributed by atoms with Gasteiger partial charge in [0.05, 0.1) is 11.6 Å². The second kappa shape index (κ2) is 9.58. The number of anilines is 1. The fourth-order valence-electron chi connectivity index (χ4n) is 5.76. The highest BCUT2D eigenvalue weighted by Crippen LogP contribution is 2.55. The van der Waals surface area contributed by atoms with Crippen molar-refractivity contribution >= 4 is 35.5 Å². The highest BCUT2D eigenvalue weighted by atomic mass is 35.5. The Hall–Kier alpha value is -2.98. The Balaban J connectivity index is 1.36. The predicted molar refractivity (Wildman–Crippen MR) is 135 cm³/mol. The highest BCUT2D eigenvalue weighted by Gasteiger charge is 2.62. The number of carbonyl (C=O) groups is 1. The standard InChI is InChI=1S/C24H31ClN8O2/c1-15-9-17-12-24(11-15,22-31-30-20(35-22)13-32-7-3-4-8-32)33(17)23(34)29-16-5-6-19(25)18(10-16)21(26)28-14-27-2/h5-6,10,14-15,17H,3-4,7-9,11-13H2,1-2H3,(H,29,34)(H2,26,27,28)/t15-,17?,24+/m1/s1. The first-order valence-corrected chi connectivity index (χ1v) is 12.5. The summed E-state index contributed by atoms with van der Waals surface area (Å²) >= 11 is 6.31. The maximum absolute atomic E-state index is 13.5. The lowest BCUT2D eigenvalue weighted by Gasteiger charge is -2.61. The Morgan fingerprint density at radius 2 is 2.14 bits per heavy atom. The fraction of sp³-hybridized carbons (Fsp3) is 0.542. The molecule has 0 spiro atoms. The third kappa shape index (κ3) is 4.52. The summed E-state index contributed by atoms with van der Waals surface area (Å²) in [6.45, 7) is 4.98. The molecule has 186 valence electrons. The van der Waals surface area contributed by atoms with Crippen LogP contribution in [0, 0.1) is 5.92 Å². The number of halogens is 1. The van der Waals surface area contributed by atoms with E-state index in [1.807, 2.05) is 4.90 Å². The Morgan fingerprint density at radius 1 is 1.34 bits per heavy atom. The van der Waals surface area contributed by atoms with Crippen LogP contribution in [0.25, 0.3) is 0 Å². The number of nitrogens with zero attached hydrogens (tertiary/aromatic N) is 6. The van der Waals surface area contributed by atoms with Gasteiger partial charge in [0.1, 0.15) is 17.7 Å². The molecule has 5 rings (SSSR count). The fourth-order valence-corrected chi connectivity index (χ4v) is 5.97. The van der Waals surface area contributed by atoms with Gasteiger partial charge in [-0.3, -0.25) is 9.89 Å². The van der Waals surface area contributed by atoms with Crippen molar-refractivity contribution in [3.63, 3.8) is 0 Å². The monoisotopic (exact) mass is 498 g/mol. The number of carbonyl (C=O) groups excluding carboxylic acids is 1. The van der Waals surface area contributed by atoms with Gasteiger partial charge in [0.25, 0.3) is 0 Å². The average molecular weight is 499 g/mol. The second-order valence-corrected chi connectivity index (χ2v) is 10.2. The smallest absolute Gasteiger partial charge is 0.323 e. The molecule has 1 aromatic carbocycles. The molecular weight excluding hydrogens is 468 g/mol. The Bertz CT molecular complexity index is 1160. The molecule has 10 nitrogen and oxygen atoms in total. The van der Waals surface area contributed by atoms with Gasteiger partial charge >= 0.3 is 6.03 Å². The number of amides is 2. The normalized spacial score (nSPS) is 26.8. The van der Waals surface area contributed by atoms with Gasteiger partial charge in [0.2, 0.25) is 11.8 Å². The van der Waals surface area contributed by atoms with Crippen LogP contribution in [-0.2, 0) is 12.1 Å². The number of fused-ring (bicyclic) bond motifs is 2. The van der Waals surface area contributed by atoms with Crippen LogP contribution in [-0.4, -0.2) is 64.4 Å². The van der Waals surface area contributed by atoms with E-state index in [0.717, 1.165) is 32.4 Å². The molecule has 3 aliphatic rings. The number of nitrogens with two attached hydrogens (primary N) is 1. The summed E-state index contributed by atoms with van der Waals surface area (Å²) in [6, 6.07) is 5.08. The van der Waals surface area contributed by atoms with Crippen molar-refractivity contribution in [1.82, 2.24) is 20.0 Å². The summed E-state index contributed by atoms with van der Waals surface area (Å²) < 4.78 is 6.16. The van der Waals surface area contributed by atoms with Crippen LogP contribution in [0.4, 0.5) is 10.5 Å². The summed E-state index contributed by atoms with van der Waals surface area (Å²) in [7, 11) is 1.61. The maximum Gasteiger partial charge on any atom is 0.323 e. The first kappa shape index (κ1) is 23.7. The number of urea groups is 1. The van der Waals surface area contributed by atoms with Crippen molar-refractivity contribution in [2.75, 3.05) is 25.5 Å². The van der Waals surface area contributed by atoms with Crippen molar-refractivity contribution in [2.45, 2.75) is 57.2 Å². The topological polar surface area (TPSA) is 125 Å². The maximum atomic E-state index is 13.5. The molecule has 3 aliphatic heterocycles. The number of likely N-dealkylation sites (tertiary alicyclic amines) is 1. The molecule has 3 fully saturated rings. The van der Waals surface area contributed by atoms with Crippen molar-refractivity contribution in [1.29, 1.82) is 0 Å². The molecule has 3 atom stereocenters. The van der Waals surface area contributed by atoms with Crippen LogP contribution >= 0.6 is 11.6 Å². The minimum Gasteiger partial charge on any atom is -0.421 e. The molecule has 2 bridgehead atoms. The van der Waals surface area contributed by atoms with E-state index in [1.54, 1.807) is 25.2 Å². The van der Waals surface area contributed by atoms with E-state index < -0.39 is 5.54 Å². The van der Waals surface area contributed by atoms with E-state index in [4.69, 9.17) is 21.8 Å². The predicted octanol–water partition coefficient (Wildman–Crippen LogP) is 3.61. The number of rotatable bonds is 6. The molecule has 0 radical (unpaired) electrons. The lowest BCUT2D eigenvalue weighted by atomic mass is 9.64. The third-order valence-corrected chi connectivity index (χ3v) is 7.54. The number of piperidine rings is 1. The number of aromatic nitrogens is 2. The van der Waals surface area contributed by atoms with Crippen LogP contribution in [0.5, 0.6) is 0 Å². The quantitative estimate of drug-likeness (QED) is 0.463. The third-order valence-electron chi connectivity index (χ3n) is 7.21. The Labute approximate surface area is 209 Å². The van der Waals surface area contributed by atoms with Gasteiger partial charge in [0, 0.05) is 30.8 Å². The summed E-state index contributed by atoms with van der Waals surface area (Å²) in [4.78, 5) is 25.6. The number of amidine groups is 1. The van der Waals surface area contributed by atoms with Crippen LogP contribution in [0.2, 0.25) is 5.02 Å². The first-order chi connectivity index (χ1) is 16.9. The van der Waals surface area contributed by atoms with Crippen LogP contribution in [0.3, 0.4) is 0 Å². The number of nitrogens with one attached hydrogen (secondary N) is 1. The molecule has 0 aliphatic carbocycles. The van der Waals surface area contributed by atoms with E-state index >= 15 is 0 Å². The van der Waals surface area contributed by atoms with Gasteiger partial charge in [0.15, 0.2) is 0 Å². The molecule has 0 saturated carbocycles. The van der Waals surface area contributed by atoms with Gasteiger partial charge in [-0.1, -0.05) is 18.5 Å². The Kier molecular flexibility index (Phi) is 6.50. The molecule has 1 aromatic heterocycles. The molecule has 2 aromatic rings. The van der Waals surface area contributed by atoms with E-state index in [9.17, 15) is 4.79 Å². The SMILES string of the molecule is CN=CN=C(N)c1cc(NC(=O)N2C3C[C@@H](C)C[C@@]2(c2nnc(CN4CCCC4)o2)C3)ccc1Cl. The van der Waals surface area contributed by atoms with Crippen molar-refractivity contribution < 1.29 is 9.21 Å². The van der Waals surface area contributed by atoms with Crippen molar-refractivity contribution in [2.24, 2.45) is 21.6 Å². The Morgan fingerprint density at radius 3 is 2.91 bits per heavy atom. The highest BCUT2D eigenvalue weighted by molar-refractivity contribution is 6.34. The first-order valence-electron chi connectivity index (χ1n) is 12.1. The number of aliphatic imine (C=N–C) groups is 2. The zero-order valence-corrected chi connectivity index (χ0v) is 20.8. The van der Waals surface area contributed by atoms with E-state index in [1.165, 1.54) is 19.2 Å². The second-order valence-electron chi connectivity index (χ2n) is 9.80. The van der Waals surface area contributed by atoms with E-state index in [0.29, 0.717) is 40.5 Å². The lowest BCUT2D eigenvalue weighted by Crippen LogP contribution is -2.70. The number of hydrogen-bond acceptors (Lipinski definition) is 6. The van der Waals surface area contributed by atoms with Crippen LogP contribution in [0.1, 0.15) is 56.4 Å². The van der Waals surface area contributed by atoms with Crippen molar-refractivity contribution in [3.05, 3.63) is 40.6 Å². The molecule has 1 unspecified atom stereocenters. The molecule has 3 N–H and O–H groups in total. The van der Waals surface area contributed by atoms with E-state index in [2.05, 4.69) is 37.3 Å². The average Bonchev–Trinajstić information content (AvgIpc) is 3.51. The minimum atomic E-state index is -0.573. The largest absolute Gasteiger partial charge is 0.421 e. The molecule has 11 heteroatoms. The molecule has 4 heterocycles. The summed E-state index contributed by atoms with van der Waals surface area (Å²) in [6.07, 6.45) is 6.33. The van der Waals surface area contributed by atoms with E-state index in [-0.39, 0.29) is 17.9 Å². The van der Waals surface area contributed by atoms with Crippen LogP contribution < -0.4 is 11.1 Å². The van der Waals surface area contributed by atoms with Gasteiger partial charge in [-0.2, -0.15) is 0 Å². The van der Waals surface area contributed by atoms with Gasteiger partial charge in [-0.05, 0) is 62.9 Å².